The maximum absolute atomic E-state index is 13.6. The second-order valence-electron chi connectivity index (χ2n) is 5.65. The van der Waals surface area contributed by atoms with Crippen molar-refractivity contribution in [2.75, 3.05) is 6.26 Å². The van der Waals surface area contributed by atoms with Crippen molar-refractivity contribution >= 4 is 9.84 Å². The summed E-state index contributed by atoms with van der Waals surface area (Å²) in [4.78, 5) is -0.525. The monoisotopic (exact) mass is 356 g/mol. The molecule has 1 unspecified atom stereocenters. The molecule has 10 heteroatoms. The Labute approximate surface area is 128 Å². The molecule has 0 amide bonds. The van der Waals surface area contributed by atoms with E-state index in [1.54, 1.807) is 0 Å². The van der Waals surface area contributed by atoms with Crippen LogP contribution >= 0.6 is 0 Å². The van der Waals surface area contributed by atoms with E-state index in [0.29, 0.717) is 0 Å². The van der Waals surface area contributed by atoms with Gasteiger partial charge in [0.2, 0.25) is 0 Å². The lowest BCUT2D eigenvalue weighted by molar-refractivity contribution is -0.225. The van der Waals surface area contributed by atoms with Crippen LogP contribution in [0.4, 0.5) is 17.6 Å². The van der Waals surface area contributed by atoms with E-state index in [1.807, 2.05) is 0 Å². The molecule has 23 heavy (non-hydrogen) atoms. The first-order chi connectivity index (χ1) is 10.4. The van der Waals surface area contributed by atoms with Gasteiger partial charge in [0.25, 0.3) is 5.92 Å². The average Bonchev–Trinajstić information content (AvgIpc) is 2.58. The largest absolute Gasteiger partial charge is 0.486 e. The smallest absolute Gasteiger partial charge is 0.429 e. The van der Waals surface area contributed by atoms with Crippen molar-refractivity contribution in [2.45, 2.75) is 42.0 Å². The highest BCUT2D eigenvalue weighted by atomic mass is 32.2. The third-order valence-electron chi connectivity index (χ3n) is 3.70. The van der Waals surface area contributed by atoms with Gasteiger partial charge < -0.3 is 14.6 Å². The molecule has 1 aromatic rings. The van der Waals surface area contributed by atoms with E-state index in [1.165, 1.54) is 0 Å². The fourth-order valence-electron chi connectivity index (χ4n) is 2.57. The molecule has 1 aliphatic carbocycles. The number of aliphatic hydroxyl groups is 1. The van der Waals surface area contributed by atoms with Crippen molar-refractivity contribution in [1.29, 1.82) is 0 Å². The van der Waals surface area contributed by atoms with E-state index in [2.05, 4.69) is 4.74 Å². The Bertz CT molecular complexity index is 754. The average molecular weight is 356 g/mol. The van der Waals surface area contributed by atoms with Gasteiger partial charge in [-0.1, -0.05) is 0 Å². The van der Waals surface area contributed by atoms with Gasteiger partial charge in [-0.2, -0.15) is 8.78 Å². The molecule has 1 saturated carbocycles. The van der Waals surface area contributed by atoms with Crippen LogP contribution < -0.4 is 9.47 Å². The van der Waals surface area contributed by atoms with Crippen molar-refractivity contribution < 1.29 is 40.6 Å². The van der Waals surface area contributed by atoms with Crippen LogP contribution in [0.3, 0.4) is 0 Å². The van der Waals surface area contributed by atoms with Gasteiger partial charge >= 0.3 is 6.11 Å². The number of hydrogen-bond donors (Lipinski definition) is 1. The second kappa shape index (κ2) is 4.73. The maximum Gasteiger partial charge on any atom is 0.429 e. The molecule has 128 valence electrons. The summed E-state index contributed by atoms with van der Waals surface area (Å²) in [6.45, 7) is 0. The Morgan fingerprint density at radius 3 is 2.39 bits per heavy atom. The minimum absolute atomic E-state index is 0.302. The molecule has 0 spiro atoms. The fraction of sp³-hybridized carbons (Fsp3) is 0.538. The summed E-state index contributed by atoms with van der Waals surface area (Å²) in [6.07, 6.45) is -7.78. The van der Waals surface area contributed by atoms with Crippen LogP contribution in [-0.4, -0.2) is 37.9 Å². The van der Waals surface area contributed by atoms with E-state index < -0.39 is 63.1 Å². The van der Waals surface area contributed by atoms with Crippen LogP contribution in [0.1, 0.15) is 24.5 Å². The number of hydrogen-bond acceptors (Lipinski definition) is 5. The van der Waals surface area contributed by atoms with Gasteiger partial charge in [-0.15, -0.1) is 0 Å². The maximum atomic E-state index is 13.6. The van der Waals surface area contributed by atoms with Gasteiger partial charge in [-0.05, 0) is 12.1 Å². The standard InChI is InChI=1S/C13H12F4O5S/c1-23(19,20)8-3-2-7(21-6-4-12(14,15)5-6)10-9(8)11(18)13(16,17)22-10/h2-3,6,11,18H,4-5H2,1H3. The molecule has 3 rings (SSSR count). The molecule has 1 heterocycles. The molecule has 1 aromatic carbocycles. The molecule has 1 atom stereocenters. The van der Waals surface area contributed by atoms with E-state index in [0.717, 1.165) is 18.4 Å². The van der Waals surface area contributed by atoms with Crippen LogP contribution in [0, 0.1) is 0 Å². The first-order valence-corrected chi connectivity index (χ1v) is 8.46. The zero-order chi connectivity index (χ0) is 17.2. The van der Waals surface area contributed by atoms with Gasteiger partial charge in [-0.25, -0.2) is 17.2 Å². The third kappa shape index (κ3) is 2.74. The highest BCUT2D eigenvalue weighted by Crippen LogP contribution is 2.53. The Morgan fingerprint density at radius 1 is 1.26 bits per heavy atom. The summed E-state index contributed by atoms with van der Waals surface area (Å²) in [7, 11) is -3.92. The molecule has 0 bridgehead atoms. The number of benzene rings is 1. The van der Waals surface area contributed by atoms with Crippen molar-refractivity contribution in [3.05, 3.63) is 17.7 Å². The topological polar surface area (TPSA) is 72.8 Å². The molecule has 2 aliphatic rings. The van der Waals surface area contributed by atoms with Gasteiger partial charge in [0, 0.05) is 19.1 Å². The van der Waals surface area contributed by atoms with E-state index >= 15 is 0 Å². The predicted octanol–water partition coefficient (Wildman–Crippen LogP) is 2.29. The molecule has 1 N–H and O–H groups in total. The molecule has 0 aromatic heterocycles. The van der Waals surface area contributed by atoms with Gasteiger partial charge in [-0.3, -0.25) is 0 Å². The highest BCUT2D eigenvalue weighted by molar-refractivity contribution is 7.90. The third-order valence-corrected chi connectivity index (χ3v) is 4.85. The zero-order valence-corrected chi connectivity index (χ0v) is 12.5. The number of halogens is 4. The summed E-state index contributed by atoms with van der Waals surface area (Å²) in [5.41, 5.74) is -0.624. The lowest BCUT2D eigenvalue weighted by Gasteiger charge is -2.35. The van der Waals surface area contributed by atoms with E-state index in [-0.39, 0.29) is 5.75 Å². The molecule has 1 fully saturated rings. The lowest BCUT2D eigenvalue weighted by Crippen LogP contribution is -2.43. The summed E-state index contributed by atoms with van der Waals surface area (Å²) >= 11 is 0. The Kier molecular flexibility index (Phi) is 3.35. The van der Waals surface area contributed by atoms with Crippen LogP contribution in [0.15, 0.2) is 17.0 Å². The number of ether oxygens (including phenoxy) is 2. The summed E-state index contributed by atoms with van der Waals surface area (Å²) in [6, 6.07) is 2.04. The highest BCUT2D eigenvalue weighted by Gasteiger charge is 2.54. The second-order valence-corrected chi connectivity index (χ2v) is 7.63. The number of alkyl halides is 4. The number of sulfone groups is 1. The fourth-order valence-corrected chi connectivity index (χ4v) is 3.49. The number of fused-ring (bicyclic) bond motifs is 1. The Hall–Kier alpha value is -1.55. The normalized spacial score (nSPS) is 25.4. The molecule has 0 saturated heterocycles. The van der Waals surface area contributed by atoms with Crippen LogP contribution in [-0.2, 0) is 9.84 Å². The number of rotatable bonds is 3. The Balaban J connectivity index is 2.02. The van der Waals surface area contributed by atoms with Gasteiger partial charge in [0.05, 0.1) is 10.5 Å². The van der Waals surface area contributed by atoms with Gasteiger partial charge in [0.1, 0.15) is 6.10 Å². The summed E-state index contributed by atoms with van der Waals surface area (Å²) in [5, 5.41) is 9.65. The molecular formula is C13H12F4O5S. The number of aliphatic hydroxyl groups excluding tert-OH is 1. The summed E-state index contributed by atoms with van der Waals surface area (Å²) in [5.74, 6) is -3.81. The minimum atomic E-state index is -4.04. The Morgan fingerprint density at radius 2 is 1.87 bits per heavy atom. The van der Waals surface area contributed by atoms with Crippen LogP contribution in [0.25, 0.3) is 0 Å². The first-order valence-electron chi connectivity index (χ1n) is 6.57. The van der Waals surface area contributed by atoms with Crippen LogP contribution in [0.5, 0.6) is 11.5 Å². The van der Waals surface area contributed by atoms with Crippen LogP contribution in [0.2, 0.25) is 0 Å². The predicted molar refractivity (Wildman–Crippen MR) is 68.7 cm³/mol. The molecule has 0 radical (unpaired) electrons. The summed E-state index contributed by atoms with van der Waals surface area (Å²) < 4.78 is 85.7. The quantitative estimate of drug-likeness (QED) is 0.842. The molecular weight excluding hydrogens is 344 g/mol. The molecule has 1 aliphatic heterocycles. The van der Waals surface area contributed by atoms with Crippen molar-refractivity contribution in [2.24, 2.45) is 0 Å². The lowest BCUT2D eigenvalue weighted by atomic mass is 9.91. The zero-order valence-electron chi connectivity index (χ0n) is 11.7. The molecule has 5 nitrogen and oxygen atoms in total. The minimum Gasteiger partial charge on any atom is -0.486 e. The van der Waals surface area contributed by atoms with Crippen molar-refractivity contribution in [3.8, 4) is 11.5 Å². The van der Waals surface area contributed by atoms with Crippen molar-refractivity contribution in [3.63, 3.8) is 0 Å². The van der Waals surface area contributed by atoms with Crippen molar-refractivity contribution in [1.82, 2.24) is 0 Å². The van der Waals surface area contributed by atoms with Gasteiger partial charge in [0.15, 0.2) is 27.4 Å². The van der Waals surface area contributed by atoms with E-state index in [4.69, 9.17) is 4.74 Å². The van der Waals surface area contributed by atoms with E-state index in [9.17, 15) is 31.1 Å². The SMILES string of the molecule is CS(=O)(=O)c1ccc(OC2CC(F)(F)C2)c2c1C(O)C(F)(F)O2. The first kappa shape index (κ1) is 16.3.